The van der Waals surface area contributed by atoms with Gasteiger partial charge in [-0.25, -0.2) is 4.79 Å². The van der Waals surface area contributed by atoms with Crippen molar-refractivity contribution in [3.8, 4) is 5.75 Å². The summed E-state index contributed by atoms with van der Waals surface area (Å²) in [5.41, 5.74) is 1.40. The number of carbonyl (C=O) groups excluding carboxylic acids is 3. The molecule has 8 heteroatoms. The number of benzene rings is 2. The summed E-state index contributed by atoms with van der Waals surface area (Å²) in [6, 6.07) is 13.2. The van der Waals surface area contributed by atoms with Crippen molar-refractivity contribution >= 4 is 41.2 Å². The standard InChI is InChI=1S/C18H14ClN3O4/c19-13-8-11(9-14-17(24)22-18(25)21-14)6-7-15(13)26-10-16(23)20-12-4-2-1-3-5-12/h1-9H,10H2,(H,20,23)(H2,21,22,24,25)/b14-9+. The van der Waals surface area contributed by atoms with Crippen LogP contribution in [0.2, 0.25) is 5.02 Å². The second-order valence-electron chi connectivity index (χ2n) is 5.36. The SMILES string of the molecule is O=C(COc1ccc(/C=C2/NC(=O)NC2=O)cc1Cl)Nc1ccccc1. The molecule has 26 heavy (non-hydrogen) atoms. The second kappa shape index (κ2) is 7.71. The maximum atomic E-state index is 11.9. The molecular formula is C18H14ClN3O4. The second-order valence-corrected chi connectivity index (χ2v) is 5.77. The van der Waals surface area contributed by atoms with E-state index in [-0.39, 0.29) is 23.2 Å². The largest absolute Gasteiger partial charge is 0.482 e. The van der Waals surface area contributed by atoms with Crippen LogP contribution in [0.25, 0.3) is 6.08 Å². The van der Waals surface area contributed by atoms with Crippen LogP contribution < -0.4 is 20.7 Å². The first kappa shape index (κ1) is 17.5. The van der Waals surface area contributed by atoms with E-state index < -0.39 is 11.9 Å². The summed E-state index contributed by atoms with van der Waals surface area (Å²) in [5.74, 6) is -0.496. The number of amides is 4. The van der Waals surface area contributed by atoms with Gasteiger partial charge in [0.1, 0.15) is 11.4 Å². The number of hydrogen-bond donors (Lipinski definition) is 3. The van der Waals surface area contributed by atoms with Crippen molar-refractivity contribution in [1.82, 2.24) is 10.6 Å². The highest BCUT2D eigenvalue weighted by atomic mass is 35.5. The first-order chi connectivity index (χ1) is 12.5. The molecule has 0 bridgehead atoms. The van der Waals surface area contributed by atoms with Gasteiger partial charge in [0.2, 0.25) is 0 Å². The van der Waals surface area contributed by atoms with E-state index >= 15 is 0 Å². The van der Waals surface area contributed by atoms with Crippen molar-refractivity contribution in [3.63, 3.8) is 0 Å². The Morgan fingerprint density at radius 1 is 1.12 bits per heavy atom. The van der Waals surface area contributed by atoms with Gasteiger partial charge in [-0.05, 0) is 35.9 Å². The molecule has 1 saturated heterocycles. The molecule has 0 spiro atoms. The molecule has 2 aromatic carbocycles. The Hall–Kier alpha value is -3.32. The third-order valence-corrected chi connectivity index (χ3v) is 3.70. The van der Waals surface area contributed by atoms with Crippen LogP contribution in [-0.4, -0.2) is 24.5 Å². The predicted molar refractivity (Wildman–Crippen MR) is 96.7 cm³/mol. The molecule has 2 aromatic rings. The van der Waals surface area contributed by atoms with E-state index in [1.807, 2.05) is 18.2 Å². The van der Waals surface area contributed by atoms with Gasteiger partial charge in [-0.3, -0.25) is 14.9 Å². The van der Waals surface area contributed by atoms with Gasteiger partial charge in [0.25, 0.3) is 11.8 Å². The summed E-state index contributed by atoms with van der Waals surface area (Å²) in [4.78, 5) is 34.5. The smallest absolute Gasteiger partial charge is 0.326 e. The summed E-state index contributed by atoms with van der Waals surface area (Å²) in [7, 11) is 0. The molecule has 1 fully saturated rings. The Bertz CT molecular complexity index is 897. The third-order valence-electron chi connectivity index (χ3n) is 3.40. The number of urea groups is 1. The summed E-state index contributed by atoms with van der Waals surface area (Å²) in [6.45, 7) is -0.201. The van der Waals surface area contributed by atoms with Gasteiger partial charge >= 0.3 is 6.03 Å². The van der Waals surface area contributed by atoms with Crippen molar-refractivity contribution in [2.24, 2.45) is 0 Å². The fraction of sp³-hybridized carbons (Fsp3) is 0.0556. The van der Waals surface area contributed by atoms with Gasteiger partial charge in [-0.1, -0.05) is 35.9 Å². The molecule has 132 valence electrons. The predicted octanol–water partition coefficient (Wildman–Crippen LogP) is 2.54. The molecule has 1 heterocycles. The van der Waals surface area contributed by atoms with Crippen LogP contribution in [0.15, 0.2) is 54.2 Å². The molecular weight excluding hydrogens is 358 g/mol. The molecule has 0 unspecified atom stereocenters. The fourth-order valence-corrected chi connectivity index (χ4v) is 2.48. The first-order valence-electron chi connectivity index (χ1n) is 7.62. The van der Waals surface area contributed by atoms with Gasteiger partial charge in [-0.2, -0.15) is 0 Å². The van der Waals surface area contributed by atoms with Gasteiger partial charge in [0, 0.05) is 5.69 Å². The molecule has 3 rings (SSSR count). The fourth-order valence-electron chi connectivity index (χ4n) is 2.23. The quantitative estimate of drug-likeness (QED) is 0.556. The van der Waals surface area contributed by atoms with Crippen LogP contribution in [0.4, 0.5) is 10.5 Å². The Kier molecular flexibility index (Phi) is 5.19. The number of ether oxygens (including phenoxy) is 1. The Labute approximate surface area is 154 Å². The van der Waals surface area contributed by atoms with Crippen molar-refractivity contribution in [1.29, 1.82) is 0 Å². The lowest BCUT2D eigenvalue weighted by Crippen LogP contribution is -2.22. The number of anilines is 1. The number of carbonyl (C=O) groups is 3. The normalized spacial score (nSPS) is 14.7. The molecule has 0 radical (unpaired) electrons. The highest BCUT2D eigenvalue weighted by Gasteiger charge is 2.22. The average molecular weight is 372 g/mol. The molecule has 0 atom stereocenters. The molecule has 1 aliphatic rings. The Balaban J connectivity index is 1.61. The van der Waals surface area contributed by atoms with E-state index in [9.17, 15) is 14.4 Å². The molecule has 0 aliphatic carbocycles. The van der Waals surface area contributed by atoms with E-state index in [4.69, 9.17) is 16.3 Å². The van der Waals surface area contributed by atoms with Crippen molar-refractivity contribution < 1.29 is 19.1 Å². The number of nitrogens with one attached hydrogen (secondary N) is 3. The molecule has 7 nitrogen and oxygen atoms in total. The summed E-state index contributed by atoms with van der Waals surface area (Å²) in [5, 5.41) is 7.46. The van der Waals surface area contributed by atoms with E-state index in [0.29, 0.717) is 17.0 Å². The number of halogens is 1. The maximum Gasteiger partial charge on any atom is 0.326 e. The van der Waals surface area contributed by atoms with E-state index in [1.165, 1.54) is 6.08 Å². The van der Waals surface area contributed by atoms with E-state index in [1.54, 1.807) is 30.3 Å². The molecule has 1 aliphatic heterocycles. The van der Waals surface area contributed by atoms with Crippen LogP contribution in [0, 0.1) is 0 Å². The summed E-state index contributed by atoms with van der Waals surface area (Å²) >= 11 is 6.15. The van der Waals surface area contributed by atoms with Gasteiger partial charge < -0.3 is 15.4 Å². The molecule has 0 aromatic heterocycles. The van der Waals surface area contributed by atoms with Gasteiger partial charge in [0.05, 0.1) is 5.02 Å². The lowest BCUT2D eigenvalue weighted by atomic mass is 10.2. The monoisotopic (exact) mass is 371 g/mol. The van der Waals surface area contributed by atoms with Crippen LogP contribution in [0.1, 0.15) is 5.56 Å². The van der Waals surface area contributed by atoms with Crippen molar-refractivity contribution in [2.45, 2.75) is 0 Å². The van der Waals surface area contributed by atoms with Crippen LogP contribution in [0.5, 0.6) is 5.75 Å². The summed E-state index contributed by atoms with van der Waals surface area (Å²) in [6.07, 6.45) is 1.48. The maximum absolute atomic E-state index is 11.9. The number of para-hydroxylation sites is 1. The van der Waals surface area contributed by atoms with Gasteiger partial charge in [0.15, 0.2) is 6.61 Å². The lowest BCUT2D eigenvalue weighted by Gasteiger charge is -2.09. The molecule has 0 saturated carbocycles. The molecule has 3 N–H and O–H groups in total. The number of imide groups is 1. The van der Waals surface area contributed by atoms with Crippen LogP contribution >= 0.6 is 11.6 Å². The minimum atomic E-state index is -0.572. The van der Waals surface area contributed by atoms with Gasteiger partial charge in [-0.15, -0.1) is 0 Å². The highest BCUT2D eigenvalue weighted by Crippen LogP contribution is 2.26. The zero-order valence-corrected chi connectivity index (χ0v) is 14.2. The Morgan fingerprint density at radius 3 is 2.54 bits per heavy atom. The lowest BCUT2D eigenvalue weighted by molar-refractivity contribution is -0.118. The van der Waals surface area contributed by atoms with Crippen LogP contribution in [-0.2, 0) is 9.59 Å². The zero-order valence-electron chi connectivity index (χ0n) is 13.4. The average Bonchev–Trinajstić information content (AvgIpc) is 2.92. The third kappa shape index (κ3) is 4.40. The first-order valence-corrected chi connectivity index (χ1v) is 8.00. The van der Waals surface area contributed by atoms with Crippen LogP contribution in [0.3, 0.4) is 0 Å². The summed E-state index contributed by atoms with van der Waals surface area (Å²) < 4.78 is 5.42. The number of rotatable bonds is 5. The topological polar surface area (TPSA) is 96.5 Å². The Morgan fingerprint density at radius 2 is 1.88 bits per heavy atom. The highest BCUT2D eigenvalue weighted by molar-refractivity contribution is 6.32. The minimum absolute atomic E-state index is 0.127. The van der Waals surface area contributed by atoms with E-state index in [0.717, 1.165) is 0 Å². The van der Waals surface area contributed by atoms with E-state index in [2.05, 4.69) is 16.0 Å². The number of hydrogen-bond acceptors (Lipinski definition) is 4. The zero-order chi connectivity index (χ0) is 18.5. The molecule has 4 amide bonds. The van der Waals surface area contributed by atoms with Crippen molar-refractivity contribution in [2.75, 3.05) is 11.9 Å². The van der Waals surface area contributed by atoms with Crippen molar-refractivity contribution in [3.05, 3.63) is 64.8 Å². The minimum Gasteiger partial charge on any atom is -0.482 e.